The molecule has 1 amide bonds. The number of nitrogens with two attached hydrogens (primary N) is 1. The lowest BCUT2D eigenvalue weighted by molar-refractivity contribution is -0.156. The van der Waals surface area contributed by atoms with Crippen molar-refractivity contribution < 1.29 is 32.3 Å². The summed E-state index contributed by atoms with van der Waals surface area (Å²) in [4.78, 5) is 42.9. The summed E-state index contributed by atoms with van der Waals surface area (Å²) < 4.78 is 34.8. The molecule has 12 nitrogen and oxygen atoms in total. The van der Waals surface area contributed by atoms with Crippen LogP contribution in [-0.2, 0) is 32.3 Å². The molecule has 0 aromatic carbocycles. The molecule has 5 atom stereocenters. The van der Waals surface area contributed by atoms with E-state index in [0.717, 1.165) is 0 Å². The summed E-state index contributed by atoms with van der Waals surface area (Å²) in [6, 6.07) is 0.432. The molecule has 0 unspecified atom stereocenters. The Morgan fingerprint density at radius 2 is 1.34 bits per heavy atom. The molecule has 0 radical (unpaired) electrons. The van der Waals surface area contributed by atoms with Gasteiger partial charge < -0.3 is 33.8 Å². The molecule has 50 heavy (non-hydrogen) atoms. The van der Waals surface area contributed by atoms with Crippen LogP contribution >= 0.6 is 0 Å². The van der Waals surface area contributed by atoms with Gasteiger partial charge in [-0.3, -0.25) is 9.36 Å². The van der Waals surface area contributed by atoms with Crippen LogP contribution in [0.5, 0.6) is 0 Å². The smallest absolute Gasteiger partial charge is 0.351 e. The number of anilines is 1. The second-order valence-corrected chi connectivity index (χ2v) is 33.5. The summed E-state index contributed by atoms with van der Waals surface area (Å²) >= 11 is 0. The number of carbonyl (C=O) groups is 2. The van der Waals surface area contributed by atoms with E-state index in [9.17, 15) is 14.4 Å². The molecule has 1 fully saturated rings. The highest BCUT2D eigenvalue weighted by molar-refractivity contribution is 6.75. The van der Waals surface area contributed by atoms with Crippen LogP contribution in [0.4, 0.5) is 5.82 Å². The third kappa shape index (κ3) is 11.3. The maximum Gasteiger partial charge on any atom is 0.351 e. The maximum atomic E-state index is 13.9. The molecule has 2 heterocycles. The van der Waals surface area contributed by atoms with Gasteiger partial charge in [-0.25, -0.2) is 9.59 Å². The number of ether oxygens (including phenoxy) is 2. The van der Waals surface area contributed by atoms with Crippen molar-refractivity contribution in [2.45, 2.75) is 180 Å². The van der Waals surface area contributed by atoms with Crippen molar-refractivity contribution in [3.63, 3.8) is 0 Å². The fraction of sp³-hybridized carbons (Fsp3) is 0.829. The Bertz CT molecular complexity index is 1400. The van der Waals surface area contributed by atoms with Gasteiger partial charge in [0, 0.05) is 6.20 Å². The zero-order chi connectivity index (χ0) is 39.1. The van der Waals surface area contributed by atoms with Crippen molar-refractivity contribution in [1.82, 2.24) is 9.55 Å². The zero-order valence-electron chi connectivity index (χ0n) is 34.2. The molecule has 1 aromatic heterocycles. The van der Waals surface area contributed by atoms with Gasteiger partial charge in [0.2, 0.25) is 5.91 Å². The topological polar surface area (TPSA) is 153 Å². The normalized spacial score (nSPS) is 22.0. The first-order chi connectivity index (χ1) is 22.2. The van der Waals surface area contributed by atoms with E-state index < -0.39 is 78.7 Å². The van der Waals surface area contributed by atoms with Crippen LogP contribution in [0.1, 0.15) is 95.7 Å². The van der Waals surface area contributed by atoms with Gasteiger partial charge in [-0.2, -0.15) is 4.98 Å². The lowest BCUT2D eigenvalue weighted by Crippen LogP contribution is -2.54. The van der Waals surface area contributed by atoms with Gasteiger partial charge in [0.25, 0.3) is 0 Å². The summed E-state index contributed by atoms with van der Waals surface area (Å²) in [6.07, 6.45) is -1.31. The molecule has 0 aliphatic carbocycles. The summed E-state index contributed by atoms with van der Waals surface area (Å²) in [5, 5.41) is 2.62. The minimum absolute atomic E-state index is 0.0206. The second kappa shape index (κ2) is 15.2. The monoisotopic (exact) mass is 756 g/mol. The van der Waals surface area contributed by atoms with E-state index in [-0.39, 0.29) is 34.0 Å². The highest BCUT2D eigenvalue weighted by atomic mass is 28.4. The molecular formula is C35H68N4O8Si3. The van der Waals surface area contributed by atoms with Crippen LogP contribution in [0, 0.1) is 0 Å². The third-order valence-electron chi connectivity index (χ3n) is 10.7. The Hall–Kier alpha value is -1.89. The van der Waals surface area contributed by atoms with Gasteiger partial charge in [-0.05, 0) is 81.2 Å². The van der Waals surface area contributed by atoms with Gasteiger partial charge >= 0.3 is 11.7 Å². The third-order valence-corrected chi connectivity index (χ3v) is 24.1. The van der Waals surface area contributed by atoms with E-state index in [1.165, 1.54) is 4.57 Å². The predicted molar refractivity (Wildman–Crippen MR) is 207 cm³/mol. The minimum Gasteiger partial charge on any atom is -0.458 e. The number of hydrogen-bond acceptors (Lipinski definition) is 10. The van der Waals surface area contributed by atoms with E-state index >= 15 is 0 Å². The van der Waals surface area contributed by atoms with Crippen molar-refractivity contribution >= 4 is 42.6 Å². The number of nitrogens with one attached hydrogen (secondary N) is 1. The van der Waals surface area contributed by atoms with Crippen LogP contribution in [0.25, 0.3) is 0 Å². The number of aromatic nitrogens is 2. The number of primary amides is 1. The molecule has 0 spiro atoms. The molecule has 1 saturated heterocycles. The van der Waals surface area contributed by atoms with Gasteiger partial charge in [0.1, 0.15) is 35.8 Å². The first-order valence-electron chi connectivity index (χ1n) is 17.7. The average Bonchev–Trinajstić information content (AvgIpc) is 3.19. The highest BCUT2D eigenvalue weighted by Crippen LogP contribution is 2.46. The number of nitrogens with zero attached hydrogens (tertiary/aromatic N) is 2. The molecule has 288 valence electrons. The number of carbonyl (C=O) groups excluding carboxylic acids is 2. The minimum atomic E-state index is -2.44. The Morgan fingerprint density at radius 3 is 1.76 bits per heavy atom. The summed E-state index contributed by atoms with van der Waals surface area (Å²) in [7, 11) is -7.01. The zero-order valence-corrected chi connectivity index (χ0v) is 37.2. The van der Waals surface area contributed by atoms with Gasteiger partial charge in [-0.1, -0.05) is 62.3 Å². The molecule has 1 aliphatic heterocycles. The molecule has 2 rings (SSSR count). The van der Waals surface area contributed by atoms with Crippen LogP contribution in [-0.4, -0.2) is 82.9 Å². The highest BCUT2D eigenvalue weighted by Gasteiger charge is 2.55. The standard InChI is InChI=1S/C35H68N4O8Si3/c1-32(2,3)45-30(41)23(21-25(36)40)37-26-19-20-39(31(42)38-26)29-28(47-50(17,18)35(10,11)12)27(46-49(15,16)34(7,8)9)24(44-29)22-43-48(13,14)33(4,5)6/h19-20,23-24,27-29H,21-22H2,1-18H3,(H2,36,40)(H,37,38,42)/t23-,24+,27+,28-,29+/m0/s1. The van der Waals surface area contributed by atoms with Crippen molar-refractivity contribution in [1.29, 1.82) is 0 Å². The Morgan fingerprint density at radius 1 is 0.860 bits per heavy atom. The molecule has 1 aromatic rings. The lowest BCUT2D eigenvalue weighted by Gasteiger charge is -2.44. The summed E-state index contributed by atoms with van der Waals surface area (Å²) in [5.74, 6) is -1.29. The van der Waals surface area contributed by atoms with Crippen molar-refractivity contribution in [2.24, 2.45) is 5.73 Å². The fourth-order valence-electron chi connectivity index (χ4n) is 4.51. The lowest BCUT2D eigenvalue weighted by atomic mass is 10.1. The molecule has 0 bridgehead atoms. The van der Waals surface area contributed by atoms with E-state index in [0.29, 0.717) is 0 Å². The van der Waals surface area contributed by atoms with E-state index in [1.807, 2.05) is 0 Å². The van der Waals surface area contributed by atoms with Crippen LogP contribution < -0.4 is 16.7 Å². The number of rotatable bonds is 13. The molecule has 1 aliphatic rings. The number of hydrogen-bond donors (Lipinski definition) is 2. The van der Waals surface area contributed by atoms with E-state index in [1.54, 1.807) is 33.0 Å². The Labute approximate surface area is 304 Å². The van der Waals surface area contributed by atoms with Crippen molar-refractivity contribution in [3.05, 3.63) is 22.7 Å². The Kier molecular flexibility index (Phi) is 13.5. The average molecular weight is 757 g/mol. The first-order valence-corrected chi connectivity index (χ1v) is 26.4. The van der Waals surface area contributed by atoms with Crippen LogP contribution in [0.15, 0.2) is 17.1 Å². The first kappa shape index (κ1) is 44.3. The van der Waals surface area contributed by atoms with Crippen molar-refractivity contribution in [2.75, 3.05) is 11.9 Å². The summed E-state index contributed by atoms with van der Waals surface area (Å²) in [5.41, 5.74) is 4.02. The molecular weight excluding hydrogens is 689 g/mol. The van der Waals surface area contributed by atoms with Gasteiger partial charge in [0.15, 0.2) is 31.2 Å². The van der Waals surface area contributed by atoms with E-state index in [4.69, 9.17) is 28.5 Å². The number of esters is 1. The van der Waals surface area contributed by atoms with Crippen LogP contribution in [0.3, 0.4) is 0 Å². The van der Waals surface area contributed by atoms with Gasteiger partial charge in [0.05, 0.1) is 13.0 Å². The number of amides is 1. The largest absolute Gasteiger partial charge is 0.458 e. The van der Waals surface area contributed by atoms with Gasteiger partial charge in [-0.15, -0.1) is 0 Å². The quantitative estimate of drug-likeness (QED) is 0.160. The summed E-state index contributed by atoms with van der Waals surface area (Å²) in [6.45, 7) is 38.3. The molecule has 3 N–H and O–H groups in total. The predicted octanol–water partition coefficient (Wildman–Crippen LogP) is 6.94. The maximum absolute atomic E-state index is 13.9. The SMILES string of the molecule is CC(C)(C)OC(=O)[C@H](CC(N)=O)Nc1ccn([C@@H]2O[C@H](CO[Si](C)(C)C(C)(C)C)[C@@H](O[Si](C)(C)C(C)(C)C)[C@@H]2O[Si](C)(C)C(C)(C)C)c(=O)n1. The van der Waals surface area contributed by atoms with Crippen LogP contribution in [0.2, 0.25) is 54.4 Å². The fourth-order valence-corrected chi connectivity index (χ4v) is 8.13. The molecule has 15 heteroatoms. The molecule has 0 saturated carbocycles. The Balaban J connectivity index is 2.67. The van der Waals surface area contributed by atoms with E-state index in [2.05, 4.69) is 112 Å². The van der Waals surface area contributed by atoms with Crippen molar-refractivity contribution in [3.8, 4) is 0 Å². The second-order valence-electron chi connectivity index (χ2n) is 19.2.